The molecule has 0 atom stereocenters. The number of anilines is 1. The number of nitrogens with one attached hydrogen (secondary N) is 2. The molecule has 0 saturated heterocycles. The molecule has 2 aromatic heterocycles. The van der Waals surface area contributed by atoms with Gasteiger partial charge in [0.25, 0.3) is 0 Å². The van der Waals surface area contributed by atoms with Crippen molar-refractivity contribution in [1.29, 1.82) is 0 Å². The van der Waals surface area contributed by atoms with Crippen LogP contribution in [0.15, 0.2) is 35.5 Å². The van der Waals surface area contributed by atoms with Gasteiger partial charge in [0.2, 0.25) is 0 Å². The predicted octanol–water partition coefficient (Wildman–Crippen LogP) is 3.29. The van der Waals surface area contributed by atoms with Gasteiger partial charge in [-0.05, 0) is 34.4 Å². The Bertz CT molecular complexity index is 728. The van der Waals surface area contributed by atoms with Crippen molar-refractivity contribution < 1.29 is 0 Å². The molecule has 3 rings (SSSR count). The van der Waals surface area contributed by atoms with Crippen molar-refractivity contribution in [2.24, 2.45) is 0 Å². The minimum absolute atomic E-state index is 0.698. The van der Waals surface area contributed by atoms with Crippen LogP contribution < -0.4 is 5.32 Å². The summed E-state index contributed by atoms with van der Waals surface area (Å²) in [4.78, 5) is 8.94. The Balaban J connectivity index is 1.95. The topological polar surface area (TPSA) is 66.5 Å². The Labute approximate surface area is 134 Å². The summed E-state index contributed by atoms with van der Waals surface area (Å²) in [6.45, 7) is 0.724. The molecular weight excluding hydrogens is 385 g/mol. The van der Waals surface area contributed by atoms with Crippen LogP contribution in [0.4, 0.5) is 5.82 Å². The third-order valence-corrected chi connectivity index (χ3v) is 4.16. The van der Waals surface area contributed by atoms with E-state index >= 15 is 0 Å². The van der Waals surface area contributed by atoms with Gasteiger partial charge in [-0.25, -0.2) is 9.97 Å². The third kappa shape index (κ3) is 2.73. The van der Waals surface area contributed by atoms with E-state index in [1.807, 2.05) is 24.5 Å². The summed E-state index contributed by atoms with van der Waals surface area (Å²) < 4.78 is 0.945. The summed E-state index contributed by atoms with van der Waals surface area (Å²) in [5, 5.41) is 12.2. The van der Waals surface area contributed by atoms with Gasteiger partial charge in [0.05, 0.1) is 5.39 Å². The summed E-state index contributed by atoms with van der Waals surface area (Å²) in [6, 6.07) is 10.2. The molecule has 0 unspecified atom stereocenters. The number of aromatic amines is 1. The molecule has 20 heavy (non-hydrogen) atoms. The predicted molar refractivity (Wildman–Crippen MR) is 90.0 cm³/mol. The van der Waals surface area contributed by atoms with Crippen molar-refractivity contribution in [3.8, 4) is 0 Å². The molecule has 1 aromatic carbocycles. The van der Waals surface area contributed by atoms with Crippen molar-refractivity contribution in [1.82, 2.24) is 20.2 Å². The standard InChI is InChI=1S/C13H12IN5S/c1-20-13-16-11(9-10(14)18-19-12(9)17-13)15-7-8-5-3-2-4-6-8/h2-6H,7H2,1H3,(H2,15,16,17,18,19). The Morgan fingerprint density at radius 3 is 2.80 bits per heavy atom. The Kier molecular flexibility index (Phi) is 4.06. The van der Waals surface area contributed by atoms with E-state index in [0.717, 1.165) is 26.6 Å². The van der Waals surface area contributed by atoms with Gasteiger partial charge in [-0.3, -0.25) is 5.10 Å². The first kappa shape index (κ1) is 13.6. The fourth-order valence-corrected chi connectivity index (χ4v) is 2.85. The molecule has 2 heterocycles. The van der Waals surface area contributed by atoms with E-state index in [1.165, 1.54) is 17.3 Å². The highest BCUT2D eigenvalue weighted by Gasteiger charge is 2.13. The minimum atomic E-state index is 0.698. The zero-order valence-electron chi connectivity index (χ0n) is 10.7. The van der Waals surface area contributed by atoms with Crippen LogP contribution in [-0.2, 0) is 6.54 Å². The molecule has 7 heteroatoms. The van der Waals surface area contributed by atoms with Gasteiger partial charge in [0.15, 0.2) is 10.8 Å². The van der Waals surface area contributed by atoms with Crippen LogP contribution in [0.5, 0.6) is 0 Å². The lowest BCUT2D eigenvalue weighted by atomic mass is 10.2. The smallest absolute Gasteiger partial charge is 0.191 e. The molecule has 0 spiro atoms. The Morgan fingerprint density at radius 1 is 1.25 bits per heavy atom. The first-order valence-electron chi connectivity index (χ1n) is 6.01. The number of aromatic nitrogens is 4. The van der Waals surface area contributed by atoms with Crippen LogP contribution in [0.2, 0.25) is 0 Å². The number of thioether (sulfide) groups is 1. The van der Waals surface area contributed by atoms with E-state index in [1.54, 1.807) is 0 Å². The van der Waals surface area contributed by atoms with E-state index in [9.17, 15) is 0 Å². The van der Waals surface area contributed by atoms with E-state index in [-0.39, 0.29) is 0 Å². The molecule has 102 valence electrons. The average Bonchev–Trinajstić information content (AvgIpc) is 2.87. The van der Waals surface area contributed by atoms with Crippen LogP contribution in [-0.4, -0.2) is 26.4 Å². The van der Waals surface area contributed by atoms with E-state index < -0.39 is 0 Å². The molecule has 0 aliphatic carbocycles. The second-order valence-corrected chi connectivity index (χ2v) is 5.99. The average molecular weight is 397 g/mol. The number of fused-ring (bicyclic) bond motifs is 1. The first-order valence-corrected chi connectivity index (χ1v) is 8.31. The maximum atomic E-state index is 4.54. The fourth-order valence-electron chi connectivity index (χ4n) is 1.87. The van der Waals surface area contributed by atoms with Gasteiger partial charge in [-0.15, -0.1) is 0 Å². The normalized spacial score (nSPS) is 10.9. The third-order valence-electron chi connectivity index (χ3n) is 2.83. The highest BCUT2D eigenvalue weighted by molar-refractivity contribution is 14.1. The van der Waals surface area contributed by atoms with E-state index in [2.05, 4.69) is 60.2 Å². The molecule has 0 aliphatic rings. The number of nitrogens with zero attached hydrogens (tertiary/aromatic N) is 3. The maximum absolute atomic E-state index is 4.54. The van der Waals surface area contributed by atoms with Crippen molar-refractivity contribution in [3.63, 3.8) is 0 Å². The van der Waals surface area contributed by atoms with E-state index in [4.69, 9.17) is 0 Å². The van der Waals surface area contributed by atoms with Crippen LogP contribution >= 0.6 is 34.4 Å². The largest absolute Gasteiger partial charge is 0.365 e. The zero-order chi connectivity index (χ0) is 13.9. The fraction of sp³-hybridized carbons (Fsp3) is 0.154. The molecule has 0 aliphatic heterocycles. The van der Waals surface area contributed by atoms with Crippen LogP contribution in [0.3, 0.4) is 0 Å². The lowest BCUT2D eigenvalue weighted by Gasteiger charge is -2.08. The number of hydrogen-bond donors (Lipinski definition) is 2. The van der Waals surface area contributed by atoms with Crippen molar-refractivity contribution in [2.75, 3.05) is 11.6 Å². The summed E-state index contributed by atoms with van der Waals surface area (Å²) >= 11 is 3.72. The Hall–Kier alpha value is -1.35. The summed E-state index contributed by atoms with van der Waals surface area (Å²) in [5.74, 6) is 0.821. The zero-order valence-corrected chi connectivity index (χ0v) is 13.7. The van der Waals surface area contributed by atoms with E-state index in [0.29, 0.717) is 5.65 Å². The van der Waals surface area contributed by atoms with Gasteiger partial charge >= 0.3 is 0 Å². The number of rotatable bonds is 4. The Morgan fingerprint density at radius 2 is 2.05 bits per heavy atom. The molecule has 0 amide bonds. The number of hydrogen-bond acceptors (Lipinski definition) is 5. The highest BCUT2D eigenvalue weighted by Crippen LogP contribution is 2.26. The first-order chi connectivity index (χ1) is 9.78. The van der Waals surface area contributed by atoms with Gasteiger partial charge in [0.1, 0.15) is 9.52 Å². The van der Waals surface area contributed by atoms with Crippen LogP contribution in [0.25, 0.3) is 11.0 Å². The number of halogens is 1. The molecule has 0 bridgehead atoms. The quantitative estimate of drug-likeness (QED) is 0.402. The van der Waals surface area contributed by atoms with Crippen molar-refractivity contribution in [3.05, 3.63) is 39.6 Å². The lowest BCUT2D eigenvalue weighted by molar-refractivity contribution is 0.971. The highest BCUT2D eigenvalue weighted by atomic mass is 127. The molecule has 5 nitrogen and oxygen atoms in total. The summed E-state index contributed by atoms with van der Waals surface area (Å²) in [7, 11) is 0. The van der Waals surface area contributed by atoms with Gasteiger partial charge in [0, 0.05) is 6.54 Å². The summed E-state index contributed by atoms with van der Waals surface area (Å²) in [5.41, 5.74) is 1.91. The number of benzene rings is 1. The number of H-pyrrole nitrogens is 1. The molecular formula is C13H12IN5S. The van der Waals surface area contributed by atoms with Crippen LogP contribution in [0, 0.1) is 3.70 Å². The van der Waals surface area contributed by atoms with Crippen molar-refractivity contribution >= 4 is 51.2 Å². The van der Waals surface area contributed by atoms with Gasteiger partial charge in [-0.1, -0.05) is 42.1 Å². The molecule has 2 N–H and O–H groups in total. The van der Waals surface area contributed by atoms with Gasteiger partial charge < -0.3 is 5.32 Å². The molecule has 0 radical (unpaired) electrons. The molecule has 3 aromatic rings. The second-order valence-electron chi connectivity index (χ2n) is 4.13. The minimum Gasteiger partial charge on any atom is -0.365 e. The van der Waals surface area contributed by atoms with Crippen LogP contribution in [0.1, 0.15) is 5.56 Å². The molecule has 0 fully saturated rings. The lowest BCUT2D eigenvalue weighted by Crippen LogP contribution is -2.03. The van der Waals surface area contributed by atoms with Crippen molar-refractivity contribution in [2.45, 2.75) is 11.7 Å². The monoisotopic (exact) mass is 397 g/mol. The van der Waals surface area contributed by atoms with Gasteiger partial charge in [-0.2, -0.15) is 5.10 Å². The maximum Gasteiger partial charge on any atom is 0.191 e. The SMILES string of the molecule is CSc1nc(NCc2ccccc2)c2c(I)[nH]nc2n1. The summed E-state index contributed by atoms with van der Waals surface area (Å²) in [6.07, 6.45) is 1.96. The molecule has 0 saturated carbocycles. The second kappa shape index (κ2) is 5.96.